The van der Waals surface area contributed by atoms with Gasteiger partial charge in [0.15, 0.2) is 0 Å². The maximum atomic E-state index is 11.0. The molecule has 0 aromatic heterocycles. The first-order valence-corrected chi connectivity index (χ1v) is 22.0. The standard InChI is InChI=1S/C44H82O6/c45-41(43(47)48)39-37-35-33-31-29-27-25-23-21-19-17-15-13-11-9-7-5-3-1-2-4-6-8-10-12-14-16-18-20-22-24-26-28-30-32-34-36-38-40-42(46)44(49)50/h1-40H2,(H,47,48)(H,49,50). The summed E-state index contributed by atoms with van der Waals surface area (Å²) in [7, 11) is 0. The minimum Gasteiger partial charge on any atom is -0.476 e. The Hall–Kier alpha value is -1.72. The van der Waals surface area contributed by atoms with Gasteiger partial charge in [0.2, 0.25) is 11.6 Å². The van der Waals surface area contributed by atoms with E-state index in [1.54, 1.807) is 0 Å². The average Bonchev–Trinajstić information content (AvgIpc) is 3.10. The molecular weight excluding hydrogens is 624 g/mol. The number of aliphatic carboxylic acids is 2. The van der Waals surface area contributed by atoms with E-state index in [9.17, 15) is 19.2 Å². The quantitative estimate of drug-likeness (QED) is 0.0482. The molecule has 0 atom stereocenters. The van der Waals surface area contributed by atoms with Gasteiger partial charge in [-0.3, -0.25) is 9.59 Å². The number of carboxylic acid groups (broad SMARTS) is 2. The number of hydrogen-bond donors (Lipinski definition) is 2. The Morgan fingerprint density at radius 3 is 0.400 bits per heavy atom. The second-order valence-electron chi connectivity index (χ2n) is 15.4. The van der Waals surface area contributed by atoms with Crippen molar-refractivity contribution in [3.8, 4) is 0 Å². The predicted molar refractivity (Wildman–Crippen MR) is 210 cm³/mol. The molecule has 0 heterocycles. The van der Waals surface area contributed by atoms with E-state index in [0.29, 0.717) is 0 Å². The zero-order valence-corrected chi connectivity index (χ0v) is 32.8. The highest BCUT2D eigenvalue weighted by Gasteiger charge is 2.10. The molecule has 0 saturated carbocycles. The van der Waals surface area contributed by atoms with Crippen LogP contribution in [0.2, 0.25) is 0 Å². The lowest BCUT2D eigenvalue weighted by atomic mass is 10.0. The maximum Gasteiger partial charge on any atom is 0.372 e. The van der Waals surface area contributed by atoms with Crippen molar-refractivity contribution in [1.29, 1.82) is 0 Å². The summed E-state index contributed by atoms with van der Waals surface area (Å²) >= 11 is 0. The highest BCUT2D eigenvalue weighted by atomic mass is 16.4. The summed E-state index contributed by atoms with van der Waals surface area (Å²) in [6.07, 6.45) is 50.4. The third-order valence-electron chi connectivity index (χ3n) is 10.5. The van der Waals surface area contributed by atoms with Crippen molar-refractivity contribution in [1.82, 2.24) is 0 Å². The van der Waals surface area contributed by atoms with Gasteiger partial charge in [0.25, 0.3) is 0 Å². The van der Waals surface area contributed by atoms with Gasteiger partial charge < -0.3 is 10.2 Å². The molecule has 0 aromatic rings. The number of carbonyl (C=O) groups excluding carboxylic acids is 2. The fourth-order valence-electron chi connectivity index (χ4n) is 7.15. The minimum absolute atomic E-state index is 0.195. The smallest absolute Gasteiger partial charge is 0.372 e. The van der Waals surface area contributed by atoms with E-state index in [1.807, 2.05) is 0 Å². The van der Waals surface area contributed by atoms with Crippen LogP contribution in [-0.2, 0) is 19.2 Å². The maximum absolute atomic E-state index is 11.0. The molecule has 0 rings (SSSR count). The van der Waals surface area contributed by atoms with E-state index in [0.717, 1.165) is 38.5 Å². The first-order valence-electron chi connectivity index (χ1n) is 22.0. The van der Waals surface area contributed by atoms with Gasteiger partial charge in [0.1, 0.15) is 0 Å². The molecule has 2 N–H and O–H groups in total. The van der Waals surface area contributed by atoms with Gasteiger partial charge in [-0.2, -0.15) is 0 Å². The molecule has 0 aliphatic heterocycles. The third-order valence-corrected chi connectivity index (χ3v) is 10.5. The Kier molecular flexibility index (Phi) is 38.7. The number of carbonyl (C=O) groups is 4. The topological polar surface area (TPSA) is 109 Å². The molecular formula is C44H82O6. The van der Waals surface area contributed by atoms with Crippen molar-refractivity contribution < 1.29 is 29.4 Å². The van der Waals surface area contributed by atoms with Crippen LogP contribution in [0.1, 0.15) is 257 Å². The fraction of sp³-hybridized carbons (Fsp3) is 0.909. The van der Waals surface area contributed by atoms with Crippen LogP contribution in [-0.4, -0.2) is 33.7 Å². The second-order valence-corrected chi connectivity index (χ2v) is 15.4. The molecule has 0 amide bonds. The summed E-state index contributed by atoms with van der Waals surface area (Å²) in [5.74, 6) is -3.87. The summed E-state index contributed by atoms with van der Waals surface area (Å²) in [6, 6.07) is 0. The lowest BCUT2D eigenvalue weighted by Gasteiger charge is -2.05. The molecule has 0 bridgehead atoms. The van der Waals surface area contributed by atoms with Crippen molar-refractivity contribution >= 4 is 23.5 Å². The third kappa shape index (κ3) is 39.1. The van der Waals surface area contributed by atoms with Crippen LogP contribution in [0.3, 0.4) is 0 Å². The van der Waals surface area contributed by atoms with Crippen molar-refractivity contribution in [3.05, 3.63) is 0 Å². The van der Waals surface area contributed by atoms with Gasteiger partial charge in [0, 0.05) is 12.8 Å². The van der Waals surface area contributed by atoms with Crippen LogP contribution in [0.4, 0.5) is 0 Å². The highest BCUT2D eigenvalue weighted by molar-refractivity contribution is 6.32. The summed E-state index contributed by atoms with van der Waals surface area (Å²) < 4.78 is 0. The molecule has 0 unspecified atom stereocenters. The van der Waals surface area contributed by atoms with Crippen LogP contribution in [0, 0.1) is 0 Å². The number of unbranched alkanes of at least 4 members (excludes halogenated alkanes) is 37. The Bertz CT molecular complexity index is 714. The summed E-state index contributed by atoms with van der Waals surface area (Å²) in [6.45, 7) is 0. The Morgan fingerprint density at radius 2 is 0.300 bits per heavy atom. The molecule has 0 fully saturated rings. The van der Waals surface area contributed by atoms with Gasteiger partial charge in [-0.1, -0.05) is 231 Å². The van der Waals surface area contributed by atoms with Gasteiger partial charge in [-0.15, -0.1) is 0 Å². The highest BCUT2D eigenvalue weighted by Crippen LogP contribution is 2.18. The molecule has 0 aliphatic rings. The number of ketones is 2. The normalized spacial score (nSPS) is 11.3. The molecule has 294 valence electrons. The van der Waals surface area contributed by atoms with Crippen LogP contribution >= 0.6 is 0 Å². The SMILES string of the molecule is O=C(O)C(=O)CCCCCCCCCCCCCCCCCCCCCCCCCCCCCCCCCCCCCCCCC(=O)C(=O)O. The number of carboxylic acids is 2. The van der Waals surface area contributed by atoms with Crippen molar-refractivity contribution in [2.24, 2.45) is 0 Å². The molecule has 6 nitrogen and oxygen atoms in total. The molecule has 0 radical (unpaired) electrons. The van der Waals surface area contributed by atoms with E-state index >= 15 is 0 Å². The monoisotopic (exact) mass is 707 g/mol. The van der Waals surface area contributed by atoms with Crippen molar-refractivity contribution in [3.63, 3.8) is 0 Å². The molecule has 0 saturated heterocycles. The molecule has 0 aromatic carbocycles. The van der Waals surface area contributed by atoms with E-state index in [1.165, 1.54) is 205 Å². The lowest BCUT2D eigenvalue weighted by Crippen LogP contribution is -2.11. The van der Waals surface area contributed by atoms with Crippen molar-refractivity contribution in [2.45, 2.75) is 257 Å². The largest absolute Gasteiger partial charge is 0.476 e. The Labute approximate surface area is 309 Å². The van der Waals surface area contributed by atoms with Gasteiger partial charge in [-0.05, 0) is 12.8 Å². The lowest BCUT2D eigenvalue weighted by molar-refractivity contribution is -0.149. The van der Waals surface area contributed by atoms with Gasteiger partial charge in [-0.25, -0.2) is 9.59 Å². The van der Waals surface area contributed by atoms with Crippen LogP contribution in [0.5, 0.6) is 0 Å². The van der Waals surface area contributed by atoms with E-state index in [-0.39, 0.29) is 12.8 Å². The molecule has 6 heteroatoms. The number of hydrogen-bond acceptors (Lipinski definition) is 4. The van der Waals surface area contributed by atoms with Crippen LogP contribution < -0.4 is 0 Å². The number of rotatable bonds is 43. The Balaban J connectivity index is 3.10. The van der Waals surface area contributed by atoms with Gasteiger partial charge >= 0.3 is 11.9 Å². The fourth-order valence-corrected chi connectivity index (χ4v) is 7.15. The first-order chi connectivity index (χ1) is 24.4. The zero-order chi connectivity index (χ0) is 36.6. The number of Topliss-reactive ketones (excluding diaryl/α,β-unsaturated/α-hetero) is 2. The molecule has 0 spiro atoms. The van der Waals surface area contributed by atoms with Crippen LogP contribution in [0.15, 0.2) is 0 Å². The second kappa shape index (κ2) is 40.1. The Morgan fingerprint density at radius 1 is 0.200 bits per heavy atom. The summed E-state index contributed by atoms with van der Waals surface area (Å²) in [5.41, 5.74) is 0. The molecule has 50 heavy (non-hydrogen) atoms. The first kappa shape index (κ1) is 48.3. The summed E-state index contributed by atoms with van der Waals surface area (Å²) in [5, 5.41) is 17.1. The zero-order valence-electron chi connectivity index (χ0n) is 32.8. The summed E-state index contributed by atoms with van der Waals surface area (Å²) in [4.78, 5) is 43.0. The molecule has 0 aliphatic carbocycles. The van der Waals surface area contributed by atoms with E-state index in [2.05, 4.69) is 0 Å². The van der Waals surface area contributed by atoms with Gasteiger partial charge in [0.05, 0.1) is 0 Å². The average molecular weight is 707 g/mol. The van der Waals surface area contributed by atoms with Crippen molar-refractivity contribution in [2.75, 3.05) is 0 Å². The minimum atomic E-state index is -1.29. The van der Waals surface area contributed by atoms with Crippen LogP contribution in [0.25, 0.3) is 0 Å². The predicted octanol–water partition coefficient (Wildman–Crippen LogP) is 13.9. The van der Waals surface area contributed by atoms with E-state index < -0.39 is 23.5 Å². The van der Waals surface area contributed by atoms with E-state index in [4.69, 9.17) is 10.2 Å².